The van der Waals surface area contributed by atoms with Crippen molar-refractivity contribution < 1.29 is 13.2 Å². The number of carbonyl (C=O) groups excluding carboxylic acids is 1. The monoisotopic (exact) mass is 295 g/mol. The maximum atomic E-state index is 12.3. The van der Waals surface area contributed by atoms with Gasteiger partial charge in [0.1, 0.15) is 0 Å². The molecule has 0 aromatic heterocycles. The second-order valence-corrected chi connectivity index (χ2v) is 7.76. The van der Waals surface area contributed by atoms with Gasteiger partial charge in [0.05, 0.1) is 5.25 Å². The number of hydrogen-bond acceptors (Lipinski definition) is 3. The van der Waals surface area contributed by atoms with E-state index in [2.05, 4.69) is 6.92 Å². The lowest BCUT2D eigenvalue weighted by Crippen LogP contribution is -2.31. The van der Waals surface area contributed by atoms with E-state index < -0.39 is 15.1 Å². The fraction of sp³-hybridized carbons (Fsp3) is 0.533. The van der Waals surface area contributed by atoms with E-state index in [0.717, 1.165) is 12.8 Å². The maximum absolute atomic E-state index is 12.3. The van der Waals surface area contributed by atoms with Crippen molar-refractivity contribution in [3.8, 4) is 0 Å². The van der Waals surface area contributed by atoms with E-state index in [1.807, 2.05) is 24.3 Å². The number of aryl methyl sites for hydroxylation is 1. The number of nitrogens with zero attached hydrogens (tertiary/aromatic N) is 1. The van der Waals surface area contributed by atoms with Crippen LogP contribution in [-0.2, 0) is 16.3 Å². The number of amides is 1. The third kappa shape index (κ3) is 3.39. The van der Waals surface area contributed by atoms with Gasteiger partial charge in [-0.2, -0.15) is 0 Å². The molecule has 1 atom stereocenters. The van der Waals surface area contributed by atoms with E-state index in [-0.39, 0.29) is 5.91 Å². The molecule has 0 spiro atoms. The Kier molecular flexibility index (Phi) is 4.48. The van der Waals surface area contributed by atoms with Gasteiger partial charge in [0.15, 0.2) is 9.84 Å². The molecular weight excluding hydrogens is 274 g/mol. The molecule has 1 unspecified atom stereocenters. The number of benzene rings is 1. The first-order valence-corrected chi connectivity index (χ1v) is 8.94. The standard InChI is InChI=1S/C15H21NO3S/c1-3-4-12-5-7-13(8-6-12)15(17)16-10-9-14(11-16)20(2,18)19/h5-8,14H,3-4,9-11H2,1-2H3. The highest BCUT2D eigenvalue weighted by molar-refractivity contribution is 7.91. The molecule has 1 aromatic carbocycles. The molecule has 0 saturated carbocycles. The fourth-order valence-corrected chi connectivity index (χ4v) is 3.53. The predicted octanol–water partition coefficient (Wildman–Crippen LogP) is 1.90. The van der Waals surface area contributed by atoms with Gasteiger partial charge < -0.3 is 4.90 Å². The van der Waals surface area contributed by atoms with Crippen molar-refractivity contribution in [2.24, 2.45) is 0 Å². The molecule has 20 heavy (non-hydrogen) atoms. The average molecular weight is 295 g/mol. The summed E-state index contributed by atoms with van der Waals surface area (Å²) in [4.78, 5) is 14.0. The fourth-order valence-electron chi connectivity index (χ4n) is 2.55. The Labute approximate surface area is 120 Å². The van der Waals surface area contributed by atoms with Crippen molar-refractivity contribution in [1.29, 1.82) is 0 Å². The summed E-state index contributed by atoms with van der Waals surface area (Å²) in [5.74, 6) is -0.0702. The summed E-state index contributed by atoms with van der Waals surface area (Å²) in [5.41, 5.74) is 1.86. The predicted molar refractivity (Wildman–Crippen MR) is 79.6 cm³/mol. The van der Waals surface area contributed by atoms with Crippen LogP contribution in [0.2, 0.25) is 0 Å². The minimum atomic E-state index is -3.06. The molecule has 0 bridgehead atoms. The summed E-state index contributed by atoms with van der Waals surface area (Å²) in [6, 6.07) is 7.61. The smallest absolute Gasteiger partial charge is 0.253 e. The topological polar surface area (TPSA) is 54.5 Å². The average Bonchev–Trinajstić information content (AvgIpc) is 2.89. The molecule has 1 aromatic rings. The highest BCUT2D eigenvalue weighted by Crippen LogP contribution is 2.19. The molecule has 1 heterocycles. The van der Waals surface area contributed by atoms with E-state index in [1.165, 1.54) is 11.8 Å². The van der Waals surface area contributed by atoms with Crippen LogP contribution in [0.5, 0.6) is 0 Å². The molecule has 1 aliphatic rings. The highest BCUT2D eigenvalue weighted by Gasteiger charge is 2.32. The molecule has 2 rings (SSSR count). The Morgan fingerprint density at radius 1 is 1.30 bits per heavy atom. The van der Waals surface area contributed by atoms with E-state index >= 15 is 0 Å². The van der Waals surface area contributed by atoms with Gasteiger partial charge >= 0.3 is 0 Å². The van der Waals surface area contributed by atoms with Gasteiger partial charge in [-0.1, -0.05) is 25.5 Å². The molecule has 5 heteroatoms. The minimum absolute atomic E-state index is 0.0702. The molecular formula is C15H21NO3S. The molecule has 1 amide bonds. The van der Waals surface area contributed by atoms with Gasteiger partial charge in [-0.3, -0.25) is 4.79 Å². The lowest BCUT2D eigenvalue weighted by Gasteiger charge is -2.16. The Bertz CT molecular complexity index is 578. The first-order valence-electron chi connectivity index (χ1n) is 6.99. The Morgan fingerprint density at radius 2 is 1.95 bits per heavy atom. The van der Waals surface area contributed by atoms with Gasteiger partial charge in [0.2, 0.25) is 0 Å². The Hall–Kier alpha value is -1.36. The van der Waals surface area contributed by atoms with E-state index in [4.69, 9.17) is 0 Å². The summed E-state index contributed by atoms with van der Waals surface area (Å²) >= 11 is 0. The van der Waals surface area contributed by atoms with Crippen LogP contribution in [0.1, 0.15) is 35.7 Å². The zero-order chi connectivity index (χ0) is 14.8. The number of likely N-dealkylation sites (tertiary alicyclic amines) is 1. The van der Waals surface area contributed by atoms with Crippen LogP contribution in [0.15, 0.2) is 24.3 Å². The van der Waals surface area contributed by atoms with Crippen LogP contribution in [0.3, 0.4) is 0 Å². The molecule has 1 aliphatic heterocycles. The molecule has 110 valence electrons. The van der Waals surface area contributed by atoms with Gasteiger partial charge in [-0.15, -0.1) is 0 Å². The van der Waals surface area contributed by atoms with Crippen molar-refractivity contribution in [2.45, 2.75) is 31.4 Å². The maximum Gasteiger partial charge on any atom is 0.253 e. The lowest BCUT2D eigenvalue weighted by atomic mass is 10.1. The SMILES string of the molecule is CCCc1ccc(C(=O)N2CCC(S(C)(=O)=O)C2)cc1. The van der Waals surface area contributed by atoms with Crippen molar-refractivity contribution >= 4 is 15.7 Å². The highest BCUT2D eigenvalue weighted by atomic mass is 32.2. The zero-order valence-corrected chi connectivity index (χ0v) is 12.8. The third-order valence-electron chi connectivity index (χ3n) is 3.78. The molecule has 4 nitrogen and oxygen atoms in total. The normalized spacial score (nSPS) is 19.3. The van der Waals surface area contributed by atoms with Crippen molar-refractivity contribution in [2.75, 3.05) is 19.3 Å². The van der Waals surface area contributed by atoms with E-state index in [0.29, 0.717) is 25.1 Å². The van der Waals surface area contributed by atoms with Gasteiger partial charge in [0, 0.05) is 24.9 Å². The number of rotatable bonds is 4. The lowest BCUT2D eigenvalue weighted by molar-refractivity contribution is 0.0793. The van der Waals surface area contributed by atoms with Crippen LogP contribution in [0, 0.1) is 0 Å². The summed E-state index contributed by atoms with van der Waals surface area (Å²) in [6.07, 6.45) is 3.87. The first-order chi connectivity index (χ1) is 9.41. The van der Waals surface area contributed by atoms with Gasteiger partial charge in [-0.05, 0) is 30.5 Å². The van der Waals surface area contributed by atoms with Gasteiger partial charge in [0.25, 0.3) is 5.91 Å². The second kappa shape index (κ2) is 5.95. The molecule has 1 fully saturated rings. The Balaban J connectivity index is 2.05. The van der Waals surface area contributed by atoms with Crippen LogP contribution < -0.4 is 0 Å². The number of carbonyl (C=O) groups is 1. The molecule has 0 N–H and O–H groups in total. The van der Waals surface area contributed by atoms with Crippen molar-refractivity contribution in [3.63, 3.8) is 0 Å². The van der Waals surface area contributed by atoms with Crippen molar-refractivity contribution in [3.05, 3.63) is 35.4 Å². The molecule has 1 saturated heterocycles. The minimum Gasteiger partial charge on any atom is -0.337 e. The Morgan fingerprint density at radius 3 is 2.45 bits per heavy atom. The quantitative estimate of drug-likeness (QED) is 0.852. The summed E-state index contributed by atoms with van der Waals surface area (Å²) in [6.45, 7) is 2.95. The first kappa shape index (κ1) is 15.0. The van der Waals surface area contributed by atoms with Crippen molar-refractivity contribution in [1.82, 2.24) is 4.90 Å². The summed E-state index contributed by atoms with van der Waals surface area (Å²) < 4.78 is 23.0. The summed E-state index contributed by atoms with van der Waals surface area (Å²) in [5, 5.41) is -0.411. The van der Waals surface area contributed by atoms with Crippen LogP contribution in [-0.4, -0.2) is 43.8 Å². The van der Waals surface area contributed by atoms with Gasteiger partial charge in [-0.25, -0.2) is 8.42 Å². The second-order valence-electron chi connectivity index (χ2n) is 5.44. The summed E-state index contributed by atoms with van der Waals surface area (Å²) in [7, 11) is -3.06. The van der Waals surface area contributed by atoms with Crippen LogP contribution >= 0.6 is 0 Å². The third-order valence-corrected chi connectivity index (χ3v) is 5.37. The molecule has 0 radical (unpaired) electrons. The number of sulfone groups is 1. The number of hydrogen-bond donors (Lipinski definition) is 0. The zero-order valence-electron chi connectivity index (χ0n) is 12.0. The van der Waals surface area contributed by atoms with Crippen LogP contribution in [0.4, 0.5) is 0 Å². The van der Waals surface area contributed by atoms with Crippen LogP contribution in [0.25, 0.3) is 0 Å². The largest absolute Gasteiger partial charge is 0.337 e. The van der Waals surface area contributed by atoms with E-state index in [9.17, 15) is 13.2 Å². The van der Waals surface area contributed by atoms with E-state index in [1.54, 1.807) is 4.90 Å². The molecule has 0 aliphatic carbocycles.